The fraction of sp³-hybridized carbons (Fsp3) is 0.625. The van der Waals surface area contributed by atoms with Crippen molar-refractivity contribution in [2.75, 3.05) is 13.1 Å². The zero-order valence-electron chi connectivity index (χ0n) is 20.2. The van der Waals surface area contributed by atoms with Crippen molar-refractivity contribution in [2.24, 2.45) is 5.92 Å². The molecule has 2 rings (SSSR count). The van der Waals surface area contributed by atoms with Crippen LogP contribution in [-0.2, 0) is 42.8 Å². The van der Waals surface area contributed by atoms with Crippen molar-refractivity contribution in [3.8, 4) is 0 Å². The molecule has 1 saturated carbocycles. The van der Waals surface area contributed by atoms with Crippen LogP contribution in [0.2, 0.25) is 0 Å². The SMILES string of the molecule is CC(C)C(=O)CCC(C(=O)O)N(CC(=O)O)C1CCCC[C@@H]1N(CC(=O)O)Cc1ccccn1.[Mn+2]. The molecule has 0 aromatic carbocycles. The summed E-state index contributed by atoms with van der Waals surface area (Å²) in [6, 6.07) is 3.35. The van der Waals surface area contributed by atoms with Crippen LogP contribution in [0.1, 0.15) is 58.1 Å². The van der Waals surface area contributed by atoms with E-state index in [1.807, 2.05) is 6.07 Å². The van der Waals surface area contributed by atoms with E-state index < -0.39 is 36.5 Å². The molecule has 1 heterocycles. The predicted molar refractivity (Wildman–Crippen MR) is 123 cm³/mol. The van der Waals surface area contributed by atoms with Crippen LogP contribution in [0.25, 0.3) is 0 Å². The van der Waals surface area contributed by atoms with E-state index in [0.29, 0.717) is 18.5 Å². The molecule has 35 heavy (non-hydrogen) atoms. The summed E-state index contributed by atoms with van der Waals surface area (Å²) in [5.74, 6) is -3.70. The van der Waals surface area contributed by atoms with Crippen molar-refractivity contribution in [3.05, 3.63) is 30.1 Å². The molecule has 1 aromatic heterocycles. The van der Waals surface area contributed by atoms with Gasteiger partial charge in [-0.05, 0) is 31.4 Å². The molecule has 1 radical (unpaired) electrons. The standard InChI is InChI=1S/C24H35N3O7.Mn/c1-16(2)21(28)11-10-20(24(33)34)27(15-23(31)32)19-9-4-3-8-18(19)26(14-22(29)30)13-17-7-5-6-12-25-17;/h5-7,12,16,18-20H,3-4,8-11,13-15H2,1-2H3,(H,29,30)(H,31,32)(H,33,34);/q;+2/t18-,19?,20?;/m0./s1. The van der Waals surface area contributed by atoms with Gasteiger partial charge >= 0.3 is 35.0 Å². The summed E-state index contributed by atoms with van der Waals surface area (Å²) < 4.78 is 0. The maximum atomic E-state index is 12.2. The molecule has 193 valence electrons. The Morgan fingerprint density at radius 1 is 1.00 bits per heavy atom. The minimum atomic E-state index is -1.18. The van der Waals surface area contributed by atoms with Crippen molar-refractivity contribution < 1.29 is 51.6 Å². The Bertz CT molecular complexity index is 853. The van der Waals surface area contributed by atoms with Crippen LogP contribution in [0.4, 0.5) is 0 Å². The largest absolute Gasteiger partial charge is 2.00 e. The van der Waals surface area contributed by atoms with Gasteiger partial charge in [0.05, 0.1) is 18.8 Å². The number of carbonyl (C=O) groups excluding carboxylic acids is 1. The molecule has 1 aromatic rings. The van der Waals surface area contributed by atoms with Gasteiger partial charge in [0, 0.05) is 37.2 Å². The summed E-state index contributed by atoms with van der Waals surface area (Å²) in [7, 11) is 0. The first-order chi connectivity index (χ1) is 16.1. The molecule has 0 spiro atoms. The van der Waals surface area contributed by atoms with E-state index >= 15 is 0 Å². The predicted octanol–water partition coefficient (Wildman–Crippen LogP) is 2.12. The minimum Gasteiger partial charge on any atom is -0.480 e. The number of hydrogen-bond acceptors (Lipinski definition) is 7. The number of aliphatic carboxylic acids is 3. The maximum Gasteiger partial charge on any atom is 2.00 e. The molecule has 3 N–H and O–H groups in total. The molecular formula is C24H35MnN3O7+2. The molecule has 2 unspecified atom stereocenters. The Kier molecular flexibility index (Phi) is 13.1. The normalized spacial score (nSPS) is 18.8. The van der Waals surface area contributed by atoms with Crippen molar-refractivity contribution in [2.45, 2.75) is 77.0 Å². The van der Waals surface area contributed by atoms with Gasteiger partial charge < -0.3 is 15.3 Å². The number of carboxylic acids is 3. The summed E-state index contributed by atoms with van der Waals surface area (Å²) in [5.41, 5.74) is 0.676. The molecule has 3 atom stereocenters. The van der Waals surface area contributed by atoms with Gasteiger partial charge in [0.2, 0.25) is 0 Å². The van der Waals surface area contributed by atoms with Crippen molar-refractivity contribution in [1.82, 2.24) is 14.8 Å². The van der Waals surface area contributed by atoms with Gasteiger partial charge in [0.25, 0.3) is 0 Å². The number of ketones is 1. The number of carbonyl (C=O) groups is 4. The van der Waals surface area contributed by atoms with Gasteiger partial charge in [-0.1, -0.05) is 32.8 Å². The Morgan fingerprint density at radius 3 is 2.14 bits per heavy atom. The van der Waals surface area contributed by atoms with Gasteiger partial charge in [-0.15, -0.1) is 0 Å². The zero-order chi connectivity index (χ0) is 25.3. The van der Waals surface area contributed by atoms with Gasteiger partial charge in [0.1, 0.15) is 11.8 Å². The molecule has 0 amide bonds. The number of nitrogens with zero attached hydrogens (tertiary/aromatic N) is 3. The molecule has 10 nitrogen and oxygen atoms in total. The molecule has 0 bridgehead atoms. The van der Waals surface area contributed by atoms with Crippen LogP contribution in [0.15, 0.2) is 24.4 Å². The van der Waals surface area contributed by atoms with Crippen LogP contribution in [0.3, 0.4) is 0 Å². The van der Waals surface area contributed by atoms with Crippen LogP contribution in [-0.4, -0.2) is 85.0 Å². The third-order valence-corrected chi connectivity index (χ3v) is 6.33. The second-order valence-corrected chi connectivity index (χ2v) is 9.12. The summed E-state index contributed by atoms with van der Waals surface area (Å²) in [4.78, 5) is 55.3. The van der Waals surface area contributed by atoms with E-state index in [0.717, 1.165) is 12.8 Å². The van der Waals surface area contributed by atoms with E-state index in [1.54, 1.807) is 37.1 Å². The number of rotatable bonds is 14. The number of aromatic nitrogens is 1. The fourth-order valence-electron chi connectivity index (χ4n) is 4.68. The summed E-state index contributed by atoms with van der Waals surface area (Å²) in [6.07, 6.45) is 4.41. The van der Waals surface area contributed by atoms with Crippen LogP contribution in [0, 0.1) is 5.92 Å². The number of carboxylic acid groups (broad SMARTS) is 3. The third kappa shape index (κ3) is 9.68. The smallest absolute Gasteiger partial charge is 0.480 e. The number of pyridine rings is 1. The molecule has 1 aliphatic carbocycles. The molecule has 1 fully saturated rings. The summed E-state index contributed by atoms with van der Waals surface area (Å²) in [6.45, 7) is 2.96. The van der Waals surface area contributed by atoms with Gasteiger partial charge in [-0.2, -0.15) is 0 Å². The average molecular weight is 532 g/mol. The minimum absolute atomic E-state index is 0. The Balaban J connectivity index is 0.00000612. The first-order valence-corrected chi connectivity index (χ1v) is 11.7. The molecule has 0 aliphatic heterocycles. The Hall–Kier alpha value is -2.33. The second kappa shape index (κ2) is 14.9. The third-order valence-electron chi connectivity index (χ3n) is 6.33. The summed E-state index contributed by atoms with van der Waals surface area (Å²) in [5, 5.41) is 29.1. The van der Waals surface area contributed by atoms with Crippen molar-refractivity contribution >= 4 is 23.7 Å². The zero-order valence-corrected chi connectivity index (χ0v) is 21.4. The summed E-state index contributed by atoms with van der Waals surface area (Å²) >= 11 is 0. The van der Waals surface area contributed by atoms with Gasteiger partial charge in [0.15, 0.2) is 0 Å². The number of Topliss-reactive ketones (excluding diaryl/α,β-unsaturated/α-hetero) is 1. The van der Waals surface area contributed by atoms with E-state index in [2.05, 4.69) is 4.98 Å². The molecule has 11 heteroatoms. The second-order valence-electron chi connectivity index (χ2n) is 9.12. The van der Waals surface area contributed by atoms with Gasteiger partial charge in [-0.25, -0.2) is 0 Å². The van der Waals surface area contributed by atoms with Crippen LogP contribution >= 0.6 is 0 Å². The van der Waals surface area contributed by atoms with Crippen LogP contribution in [0.5, 0.6) is 0 Å². The molecular weight excluding hydrogens is 497 g/mol. The molecule has 0 saturated heterocycles. The Labute approximate surface area is 216 Å². The van der Waals surface area contributed by atoms with E-state index in [9.17, 15) is 34.5 Å². The maximum absolute atomic E-state index is 12.2. The topological polar surface area (TPSA) is 148 Å². The quantitative estimate of drug-likeness (QED) is 0.304. The van der Waals surface area contributed by atoms with E-state index in [-0.39, 0.29) is 60.7 Å². The Morgan fingerprint density at radius 2 is 1.63 bits per heavy atom. The fourth-order valence-corrected chi connectivity index (χ4v) is 4.68. The average Bonchev–Trinajstić information content (AvgIpc) is 2.77. The van der Waals surface area contributed by atoms with Crippen LogP contribution < -0.4 is 0 Å². The monoisotopic (exact) mass is 532 g/mol. The van der Waals surface area contributed by atoms with E-state index in [4.69, 9.17) is 0 Å². The molecule has 1 aliphatic rings. The number of hydrogen-bond donors (Lipinski definition) is 3. The van der Waals surface area contributed by atoms with Crippen molar-refractivity contribution in [1.29, 1.82) is 0 Å². The first kappa shape index (κ1) is 30.7. The van der Waals surface area contributed by atoms with Gasteiger partial charge in [-0.3, -0.25) is 34.0 Å². The first-order valence-electron chi connectivity index (χ1n) is 11.7. The van der Waals surface area contributed by atoms with E-state index in [1.165, 1.54) is 4.90 Å². The van der Waals surface area contributed by atoms with Crippen molar-refractivity contribution in [3.63, 3.8) is 0 Å².